The van der Waals surface area contributed by atoms with Gasteiger partial charge in [0, 0.05) is 13.1 Å². The molecule has 1 rings (SSSR count). The van der Waals surface area contributed by atoms with Gasteiger partial charge in [-0.15, -0.1) is 0 Å². The molecule has 3 heteroatoms. The van der Waals surface area contributed by atoms with Crippen LogP contribution in [0.15, 0.2) is 12.2 Å². The minimum atomic E-state index is -0.655. The maximum absolute atomic E-state index is 10.6. The normalized spacial score (nSPS) is 25.2. The highest BCUT2D eigenvalue weighted by Gasteiger charge is 2.26. The predicted molar refractivity (Wildman–Crippen MR) is 47.0 cm³/mol. The lowest BCUT2D eigenvalue weighted by Gasteiger charge is -2.11. The Labute approximate surface area is 72.7 Å². The molecule has 0 saturated carbocycles. The van der Waals surface area contributed by atoms with Crippen molar-refractivity contribution in [3.8, 4) is 0 Å². The number of hydrogen-bond acceptors (Lipinski definition) is 2. The van der Waals surface area contributed by atoms with E-state index in [0.29, 0.717) is 6.54 Å². The van der Waals surface area contributed by atoms with Gasteiger partial charge in [-0.2, -0.15) is 0 Å². The smallest absolute Gasteiger partial charge is 0.307 e. The van der Waals surface area contributed by atoms with Crippen LogP contribution in [-0.4, -0.2) is 35.6 Å². The van der Waals surface area contributed by atoms with E-state index in [0.717, 1.165) is 19.5 Å². The SMILES string of the molecule is C/C=C/CN1CCC(C(=O)O)C1. The third-order valence-electron chi connectivity index (χ3n) is 2.22. The number of nitrogens with zero attached hydrogens (tertiary/aromatic N) is 1. The number of carbonyl (C=O) groups is 1. The summed E-state index contributed by atoms with van der Waals surface area (Å²) in [5.74, 6) is -0.798. The molecule has 1 atom stereocenters. The number of aliphatic carboxylic acids is 1. The van der Waals surface area contributed by atoms with Crippen LogP contribution in [0.4, 0.5) is 0 Å². The molecule has 3 nitrogen and oxygen atoms in total. The van der Waals surface area contributed by atoms with E-state index in [1.165, 1.54) is 0 Å². The molecule has 0 radical (unpaired) electrons. The van der Waals surface area contributed by atoms with Gasteiger partial charge in [-0.05, 0) is 19.9 Å². The Bertz CT molecular complexity index is 189. The molecular formula is C9H15NO2. The standard InChI is InChI=1S/C9H15NO2/c1-2-3-5-10-6-4-8(7-10)9(11)12/h2-3,8H,4-7H2,1H3,(H,11,12)/b3-2+. The number of likely N-dealkylation sites (tertiary alicyclic amines) is 1. The Kier molecular flexibility index (Phi) is 3.29. The molecule has 1 saturated heterocycles. The average Bonchev–Trinajstić information content (AvgIpc) is 2.48. The zero-order valence-corrected chi connectivity index (χ0v) is 7.36. The molecule has 0 amide bonds. The van der Waals surface area contributed by atoms with Crippen LogP contribution < -0.4 is 0 Å². The van der Waals surface area contributed by atoms with Crippen molar-refractivity contribution in [1.82, 2.24) is 4.90 Å². The van der Waals surface area contributed by atoms with Crippen LogP contribution in [0.3, 0.4) is 0 Å². The Morgan fingerprint density at radius 3 is 3.00 bits per heavy atom. The minimum absolute atomic E-state index is 0.143. The van der Waals surface area contributed by atoms with Crippen molar-refractivity contribution in [2.75, 3.05) is 19.6 Å². The molecule has 1 aliphatic rings. The van der Waals surface area contributed by atoms with Crippen molar-refractivity contribution < 1.29 is 9.90 Å². The summed E-state index contributed by atoms with van der Waals surface area (Å²) in [6, 6.07) is 0. The number of hydrogen-bond donors (Lipinski definition) is 1. The molecule has 0 bridgehead atoms. The lowest BCUT2D eigenvalue weighted by atomic mass is 10.1. The van der Waals surface area contributed by atoms with Crippen LogP contribution in [0.25, 0.3) is 0 Å². The largest absolute Gasteiger partial charge is 0.481 e. The Balaban J connectivity index is 2.30. The van der Waals surface area contributed by atoms with E-state index in [2.05, 4.69) is 11.0 Å². The summed E-state index contributed by atoms with van der Waals surface area (Å²) in [5, 5.41) is 8.71. The Morgan fingerprint density at radius 1 is 1.75 bits per heavy atom. The topological polar surface area (TPSA) is 40.5 Å². The van der Waals surface area contributed by atoms with Crippen molar-refractivity contribution in [1.29, 1.82) is 0 Å². The first-order chi connectivity index (χ1) is 5.74. The summed E-state index contributed by atoms with van der Waals surface area (Å²) in [7, 11) is 0. The third kappa shape index (κ3) is 2.34. The van der Waals surface area contributed by atoms with Crippen LogP contribution in [0, 0.1) is 5.92 Å². The van der Waals surface area contributed by atoms with Gasteiger partial charge in [-0.1, -0.05) is 12.2 Å². The molecular weight excluding hydrogens is 154 g/mol. The first kappa shape index (κ1) is 9.26. The Hall–Kier alpha value is -0.830. The number of rotatable bonds is 3. The minimum Gasteiger partial charge on any atom is -0.481 e. The average molecular weight is 169 g/mol. The van der Waals surface area contributed by atoms with E-state index in [1.807, 2.05) is 13.0 Å². The summed E-state index contributed by atoms with van der Waals surface area (Å²) in [6.45, 7) is 4.49. The van der Waals surface area contributed by atoms with Gasteiger partial charge in [0.05, 0.1) is 5.92 Å². The van der Waals surface area contributed by atoms with E-state index in [1.54, 1.807) is 0 Å². The van der Waals surface area contributed by atoms with Crippen molar-refractivity contribution in [3.05, 3.63) is 12.2 Å². The monoisotopic (exact) mass is 169 g/mol. The van der Waals surface area contributed by atoms with Gasteiger partial charge in [0.15, 0.2) is 0 Å². The quantitative estimate of drug-likeness (QED) is 0.640. The first-order valence-corrected chi connectivity index (χ1v) is 4.30. The molecule has 1 heterocycles. The second-order valence-corrected chi connectivity index (χ2v) is 3.15. The summed E-state index contributed by atoms with van der Waals surface area (Å²) in [5.41, 5.74) is 0. The fourth-order valence-corrected chi connectivity index (χ4v) is 1.45. The molecule has 12 heavy (non-hydrogen) atoms. The second-order valence-electron chi connectivity index (χ2n) is 3.15. The van der Waals surface area contributed by atoms with Gasteiger partial charge in [-0.25, -0.2) is 0 Å². The fraction of sp³-hybridized carbons (Fsp3) is 0.667. The molecule has 0 aromatic rings. The third-order valence-corrected chi connectivity index (χ3v) is 2.22. The maximum atomic E-state index is 10.6. The van der Waals surface area contributed by atoms with Gasteiger partial charge in [0.1, 0.15) is 0 Å². The van der Waals surface area contributed by atoms with E-state index in [4.69, 9.17) is 5.11 Å². The molecule has 0 spiro atoms. The van der Waals surface area contributed by atoms with Gasteiger partial charge in [-0.3, -0.25) is 9.69 Å². The van der Waals surface area contributed by atoms with Crippen LogP contribution in [-0.2, 0) is 4.79 Å². The van der Waals surface area contributed by atoms with Crippen molar-refractivity contribution >= 4 is 5.97 Å². The highest BCUT2D eigenvalue weighted by atomic mass is 16.4. The van der Waals surface area contributed by atoms with Crippen molar-refractivity contribution in [2.24, 2.45) is 5.92 Å². The van der Waals surface area contributed by atoms with Crippen LogP contribution in [0.5, 0.6) is 0 Å². The number of carboxylic acid groups (broad SMARTS) is 1. The van der Waals surface area contributed by atoms with Crippen LogP contribution in [0.1, 0.15) is 13.3 Å². The molecule has 0 aromatic heterocycles. The highest BCUT2D eigenvalue weighted by Crippen LogP contribution is 2.15. The van der Waals surface area contributed by atoms with Gasteiger partial charge in [0.2, 0.25) is 0 Å². The molecule has 1 fully saturated rings. The van der Waals surface area contributed by atoms with Gasteiger partial charge >= 0.3 is 5.97 Å². The van der Waals surface area contributed by atoms with Crippen molar-refractivity contribution in [2.45, 2.75) is 13.3 Å². The van der Waals surface area contributed by atoms with Gasteiger partial charge < -0.3 is 5.11 Å². The van der Waals surface area contributed by atoms with Crippen molar-refractivity contribution in [3.63, 3.8) is 0 Å². The fourth-order valence-electron chi connectivity index (χ4n) is 1.45. The molecule has 1 aliphatic heterocycles. The summed E-state index contributed by atoms with van der Waals surface area (Å²) < 4.78 is 0. The number of allylic oxidation sites excluding steroid dienone is 1. The van der Waals surface area contributed by atoms with E-state index in [-0.39, 0.29) is 5.92 Å². The lowest BCUT2D eigenvalue weighted by Crippen LogP contribution is -2.23. The Morgan fingerprint density at radius 2 is 2.50 bits per heavy atom. The molecule has 1 unspecified atom stereocenters. The lowest BCUT2D eigenvalue weighted by molar-refractivity contribution is -0.141. The number of carboxylic acids is 1. The summed E-state index contributed by atoms with van der Waals surface area (Å²) in [4.78, 5) is 12.7. The van der Waals surface area contributed by atoms with Crippen LogP contribution >= 0.6 is 0 Å². The van der Waals surface area contributed by atoms with E-state index in [9.17, 15) is 4.79 Å². The first-order valence-electron chi connectivity index (χ1n) is 4.30. The predicted octanol–water partition coefficient (Wildman–Crippen LogP) is 0.969. The van der Waals surface area contributed by atoms with Crippen LogP contribution in [0.2, 0.25) is 0 Å². The van der Waals surface area contributed by atoms with E-state index < -0.39 is 5.97 Å². The highest BCUT2D eigenvalue weighted by molar-refractivity contribution is 5.70. The molecule has 0 aliphatic carbocycles. The zero-order valence-electron chi connectivity index (χ0n) is 7.36. The second kappa shape index (κ2) is 4.26. The molecule has 0 aromatic carbocycles. The van der Waals surface area contributed by atoms with E-state index >= 15 is 0 Å². The molecule has 1 N–H and O–H groups in total. The zero-order chi connectivity index (χ0) is 8.97. The summed E-state index contributed by atoms with van der Waals surface area (Å²) in [6.07, 6.45) is 4.85. The maximum Gasteiger partial charge on any atom is 0.307 e. The molecule has 68 valence electrons. The summed E-state index contributed by atoms with van der Waals surface area (Å²) >= 11 is 0. The van der Waals surface area contributed by atoms with Gasteiger partial charge in [0.25, 0.3) is 0 Å².